The molecular weight excluding hydrogens is 206 g/mol. The van der Waals surface area contributed by atoms with Crippen LogP contribution in [0.4, 0.5) is 0 Å². The Morgan fingerprint density at radius 3 is 1.93 bits per heavy atom. The van der Waals surface area contributed by atoms with E-state index in [-0.39, 0.29) is 0 Å². The highest BCUT2D eigenvalue weighted by Gasteiger charge is 1.88. The quantitative estimate of drug-likeness (QED) is 0.529. The summed E-state index contributed by atoms with van der Waals surface area (Å²) < 4.78 is 0. The number of rotatable bonds is 2. The highest BCUT2D eigenvalue weighted by molar-refractivity contribution is 5.89. The molecule has 1 aromatic rings. The van der Waals surface area contributed by atoms with Crippen LogP contribution in [0.25, 0.3) is 0 Å². The lowest BCUT2D eigenvalue weighted by Crippen LogP contribution is -2.08. The smallest absolute Gasteiger partial charge is 0.361 e. The normalized spacial score (nSPS) is 9.07. The average Bonchev–Trinajstić information content (AvgIpc) is 2.17. The molecule has 0 spiro atoms. The monoisotopic (exact) mass is 213 g/mol. The fraction of sp³-hybridized carbons (Fsp3) is 0. The van der Waals surface area contributed by atoms with Crippen molar-refractivity contribution in [1.29, 1.82) is 0 Å². The predicted octanol–water partition coefficient (Wildman–Crippen LogP) is -1.12. The summed E-state index contributed by atoms with van der Waals surface area (Å²) >= 11 is 0. The summed E-state index contributed by atoms with van der Waals surface area (Å²) in [6.45, 7) is 0. The summed E-state index contributed by atoms with van der Waals surface area (Å²) in [6.07, 6.45) is 3.85. The van der Waals surface area contributed by atoms with Gasteiger partial charge in [-0.2, -0.15) is 10.1 Å². The van der Waals surface area contributed by atoms with E-state index in [2.05, 4.69) is 15.2 Å². The molecule has 0 fully saturated rings. The van der Waals surface area contributed by atoms with Crippen molar-refractivity contribution in [1.82, 2.24) is 15.2 Å². The molecule has 0 aliphatic rings. The molecule has 1 rings (SSSR count). The molecule has 0 radical (unpaired) electrons. The summed E-state index contributed by atoms with van der Waals surface area (Å²) in [6, 6.07) is 0. The van der Waals surface area contributed by atoms with Crippen LogP contribution in [0.15, 0.2) is 29.3 Å². The van der Waals surface area contributed by atoms with E-state index in [1.807, 2.05) is 0 Å². The molecule has 8 heteroatoms. The summed E-state index contributed by atoms with van der Waals surface area (Å²) in [7, 11) is 0. The summed E-state index contributed by atoms with van der Waals surface area (Å²) in [4.78, 5) is 32.5. The fourth-order valence-corrected chi connectivity index (χ4v) is 0.398. The van der Waals surface area contributed by atoms with Gasteiger partial charge in [0.1, 0.15) is 0 Å². The lowest BCUT2D eigenvalue weighted by Gasteiger charge is -1.74. The SMILES string of the molecule is O=C(O)/C=C/C(=O)O.O=c1nccn[nH]1. The first-order valence-electron chi connectivity index (χ1n) is 3.52. The van der Waals surface area contributed by atoms with E-state index in [0.29, 0.717) is 12.2 Å². The molecular formula is C7H7N3O5. The Hall–Kier alpha value is -2.51. The molecule has 1 aromatic heterocycles. The Morgan fingerprint density at radius 1 is 1.20 bits per heavy atom. The molecule has 80 valence electrons. The molecule has 0 atom stereocenters. The molecule has 0 saturated carbocycles. The number of carbonyl (C=O) groups is 2. The minimum atomic E-state index is -1.26. The number of hydrogen-bond donors (Lipinski definition) is 3. The standard InChI is InChI=1S/C4H4O4.C3H3N3O/c5-3(6)1-2-4(7)8;7-3-4-1-2-5-6-3/h1-2H,(H,5,6)(H,7,8);1-2H,(H,4,6,7)/b2-1+;. The number of nitrogens with zero attached hydrogens (tertiary/aromatic N) is 2. The van der Waals surface area contributed by atoms with Gasteiger partial charge in [0.25, 0.3) is 0 Å². The van der Waals surface area contributed by atoms with Crippen molar-refractivity contribution in [2.24, 2.45) is 0 Å². The predicted molar refractivity (Wildman–Crippen MR) is 47.1 cm³/mol. The van der Waals surface area contributed by atoms with Crippen LogP contribution in [0.5, 0.6) is 0 Å². The van der Waals surface area contributed by atoms with Crippen LogP contribution in [0, 0.1) is 0 Å². The van der Waals surface area contributed by atoms with Crippen LogP contribution >= 0.6 is 0 Å². The fourth-order valence-electron chi connectivity index (χ4n) is 0.398. The first-order chi connectivity index (χ1) is 7.02. The number of aromatic nitrogens is 3. The third-order valence-corrected chi connectivity index (χ3v) is 0.862. The van der Waals surface area contributed by atoms with Crippen molar-refractivity contribution in [3.63, 3.8) is 0 Å². The van der Waals surface area contributed by atoms with Crippen molar-refractivity contribution < 1.29 is 19.8 Å². The zero-order valence-corrected chi connectivity index (χ0v) is 7.32. The van der Waals surface area contributed by atoms with Gasteiger partial charge < -0.3 is 10.2 Å². The Labute approximate surface area is 82.9 Å². The molecule has 8 nitrogen and oxygen atoms in total. The van der Waals surface area contributed by atoms with Gasteiger partial charge in [0.05, 0.1) is 12.4 Å². The van der Waals surface area contributed by atoms with Gasteiger partial charge in [-0.3, -0.25) is 0 Å². The Balaban J connectivity index is 0.000000262. The molecule has 15 heavy (non-hydrogen) atoms. The molecule has 0 aliphatic heterocycles. The van der Waals surface area contributed by atoms with Crippen LogP contribution in [0.2, 0.25) is 0 Å². The first-order valence-corrected chi connectivity index (χ1v) is 3.52. The molecule has 0 aliphatic carbocycles. The number of nitrogens with one attached hydrogen (secondary N) is 1. The Bertz CT molecular complexity index is 378. The van der Waals surface area contributed by atoms with Crippen molar-refractivity contribution >= 4 is 11.9 Å². The van der Waals surface area contributed by atoms with Gasteiger partial charge in [-0.1, -0.05) is 0 Å². The average molecular weight is 213 g/mol. The van der Waals surface area contributed by atoms with Gasteiger partial charge in [0, 0.05) is 12.2 Å². The maximum atomic E-state index is 10.0. The molecule has 0 unspecified atom stereocenters. The number of hydrogen-bond acceptors (Lipinski definition) is 5. The van der Waals surface area contributed by atoms with Gasteiger partial charge in [0.2, 0.25) is 0 Å². The van der Waals surface area contributed by atoms with Crippen molar-refractivity contribution in [3.8, 4) is 0 Å². The zero-order chi connectivity index (χ0) is 11.7. The minimum absolute atomic E-state index is 0.414. The number of carboxylic acid groups (broad SMARTS) is 2. The van der Waals surface area contributed by atoms with Crippen LogP contribution < -0.4 is 5.69 Å². The van der Waals surface area contributed by atoms with E-state index in [1.165, 1.54) is 12.4 Å². The summed E-state index contributed by atoms with van der Waals surface area (Å²) in [5.74, 6) is -2.51. The highest BCUT2D eigenvalue weighted by Crippen LogP contribution is 1.70. The molecule has 0 amide bonds. The number of aromatic amines is 1. The van der Waals surface area contributed by atoms with E-state index in [1.54, 1.807) is 0 Å². The highest BCUT2D eigenvalue weighted by atomic mass is 16.4. The van der Waals surface area contributed by atoms with E-state index >= 15 is 0 Å². The van der Waals surface area contributed by atoms with E-state index in [4.69, 9.17) is 10.2 Å². The van der Waals surface area contributed by atoms with Gasteiger partial charge in [-0.15, -0.1) is 0 Å². The second kappa shape index (κ2) is 6.95. The number of carboxylic acids is 2. The van der Waals surface area contributed by atoms with Crippen molar-refractivity contribution in [3.05, 3.63) is 35.0 Å². The molecule has 1 heterocycles. The second-order valence-corrected chi connectivity index (χ2v) is 1.98. The van der Waals surface area contributed by atoms with E-state index < -0.39 is 17.6 Å². The van der Waals surface area contributed by atoms with Gasteiger partial charge in [-0.05, 0) is 0 Å². The summed E-state index contributed by atoms with van der Waals surface area (Å²) in [5.41, 5.74) is -0.414. The Morgan fingerprint density at radius 2 is 1.73 bits per heavy atom. The van der Waals surface area contributed by atoms with Crippen LogP contribution in [0.1, 0.15) is 0 Å². The zero-order valence-electron chi connectivity index (χ0n) is 7.32. The first kappa shape index (κ1) is 12.5. The summed E-state index contributed by atoms with van der Waals surface area (Å²) in [5, 5.41) is 21.1. The lowest BCUT2D eigenvalue weighted by atomic mass is 10.5. The molecule has 0 saturated heterocycles. The number of aliphatic carboxylic acids is 2. The van der Waals surface area contributed by atoms with Crippen molar-refractivity contribution in [2.45, 2.75) is 0 Å². The molecule has 0 bridgehead atoms. The van der Waals surface area contributed by atoms with Gasteiger partial charge >= 0.3 is 17.6 Å². The largest absolute Gasteiger partial charge is 0.478 e. The maximum absolute atomic E-state index is 10.0. The minimum Gasteiger partial charge on any atom is -0.478 e. The van der Waals surface area contributed by atoms with Crippen LogP contribution in [-0.2, 0) is 9.59 Å². The van der Waals surface area contributed by atoms with Crippen molar-refractivity contribution in [2.75, 3.05) is 0 Å². The molecule has 3 N–H and O–H groups in total. The van der Waals surface area contributed by atoms with Crippen LogP contribution in [-0.4, -0.2) is 37.3 Å². The third kappa shape index (κ3) is 9.40. The number of H-pyrrole nitrogens is 1. The second-order valence-electron chi connectivity index (χ2n) is 1.98. The Kier molecular flexibility index (Phi) is 5.79. The van der Waals surface area contributed by atoms with E-state index in [9.17, 15) is 14.4 Å². The van der Waals surface area contributed by atoms with Gasteiger partial charge in [-0.25, -0.2) is 19.5 Å². The van der Waals surface area contributed by atoms with Gasteiger partial charge in [0.15, 0.2) is 0 Å². The van der Waals surface area contributed by atoms with Crippen LogP contribution in [0.3, 0.4) is 0 Å². The topological polar surface area (TPSA) is 133 Å². The molecule has 0 aromatic carbocycles. The lowest BCUT2D eigenvalue weighted by molar-refractivity contribution is -0.134. The maximum Gasteiger partial charge on any atom is 0.361 e. The van der Waals surface area contributed by atoms with E-state index in [0.717, 1.165) is 0 Å². The third-order valence-electron chi connectivity index (χ3n) is 0.862.